The minimum absolute atomic E-state index is 0.169. The van der Waals surface area contributed by atoms with E-state index in [2.05, 4.69) is 187 Å². The van der Waals surface area contributed by atoms with Gasteiger partial charge in [0.25, 0.3) is 0 Å². The van der Waals surface area contributed by atoms with Crippen LogP contribution in [0.1, 0.15) is 16.7 Å². The molecule has 304 valence electrons. The molecule has 9 aromatic rings. The van der Waals surface area contributed by atoms with E-state index < -0.39 is 16.1 Å². The number of hydrogen-bond donors (Lipinski definition) is 0. The number of benzene rings is 9. The van der Waals surface area contributed by atoms with E-state index in [0.29, 0.717) is 11.3 Å². The maximum atomic E-state index is 10.3. The molecule has 9 aromatic carbocycles. The number of nitriles is 1. The first-order valence-electron chi connectivity index (χ1n) is 21.7. The van der Waals surface area contributed by atoms with Gasteiger partial charge in [0.05, 0.1) is 39.7 Å². The van der Waals surface area contributed by atoms with E-state index in [1.54, 1.807) is 0 Å². The van der Waals surface area contributed by atoms with Gasteiger partial charge in [0, 0.05) is 27.4 Å². The van der Waals surface area contributed by atoms with Crippen molar-refractivity contribution in [3.8, 4) is 17.2 Å². The van der Waals surface area contributed by atoms with Gasteiger partial charge in [0.1, 0.15) is 6.07 Å². The summed E-state index contributed by atoms with van der Waals surface area (Å²) in [4.78, 5) is 8.44. The smallest absolute Gasteiger partial charge is 0.210 e. The molecule has 0 spiro atoms. The van der Waals surface area contributed by atoms with Gasteiger partial charge in [-0.15, -0.1) is 0 Å². The van der Waals surface area contributed by atoms with Crippen LogP contribution >= 0.6 is 0 Å². The molecule has 0 unspecified atom stereocenters. The molecule has 0 bridgehead atoms. The average molecular weight is 845 g/mol. The molecule has 0 fully saturated rings. The van der Waals surface area contributed by atoms with Gasteiger partial charge in [0.15, 0.2) is 0 Å². The highest BCUT2D eigenvalue weighted by molar-refractivity contribution is 7.00. The monoisotopic (exact) mass is 844 g/mol. The standard InChI is InChI=1S/C57H48N4Si2/c1-59-51-27-17-19-29-53(51)61(42-23-12-9-13-24-42)44-32-35-48-50(37-44)46-25-15-16-26-47(46)54-49-33-30-39-36-43(60(41-21-10-8-11-22-41)52-28-18-14-20-40(52)38-58)31-34-45(39)55(49)57(56(48)54,62(2,3)4)63(5,6)7/h8-37H,2-7H3. The topological polar surface area (TPSA) is 34.6 Å². The Morgan fingerprint density at radius 3 is 1.65 bits per heavy atom. The summed E-state index contributed by atoms with van der Waals surface area (Å²) in [5.74, 6) is 0. The maximum absolute atomic E-state index is 10.3. The first kappa shape index (κ1) is 39.9. The molecule has 63 heavy (non-hydrogen) atoms. The second kappa shape index (κ2) is 15.0. The summed E-state index contributed by atoms with van der Waals surface area (Å²) < 4.78 is -0.169. The summed E-state index contributed by atoms with van der Waals surface area (Å²) in [5.41, 5.74) is 12.7. The normalized spacial score (nSPS) is 13.0. The van der Waals surface area contributed by atoms with E-state index in [9.17, 15) is 5.26 Å². The predicted octanol–water partition coefficient (Wildman–Crippen LogP) is 16.5. The van der Waals surface area contributed by atoms with Crippen molar-refractivity contribution in [1.82, 2.24) is 0 Å². The summed E-state index contributed by atoms with van der Waals surface area (Å²) in [6.45, 7) is 23.7. The molecule has 1 aliphatic rings. The van der Waals surface area contributed by atoms with Gasteiger partial charge in [-0.3, -0.25) is 0 Å². The van der Waals surface area contributed by atoms with Gasteiger partial charge >= 0.3 is 0 Å². The Kier molecular flexibility index (Phi) is 9.49. The number of fused-ring (bicyclic) bond motifs is 10. The first-order chi connectivity index (χ1) is 30.5. The van der Waals surface area contributed by atoms with Crippen LogP contribution in [0.25, 0.3) is 48.3 Å². The Morgan fingerprint density at radius 2 is 1.02 bits per heavy atom. The second-order valence-electron chi connectivity index (χ2n) is 18.7. The Balaban J connectivity index is 1.27. The Bertz CT molecular complexity index is 3340. The van der Waals surface area contributed by atoms with Crippen molar-refractivity contribution < 1.29 is 0 Å². The fraction of sp³-hybridized carbons (Fsp3) is 0.123. The van der Waals surface area contributed by atoms with Crippen LogP contribution in [0.2, 0.25) is 39.3 Å². The molecule has 0 radical (unpaired) electrons. The lowest BCUT2D eigenvalue weighted by Crippen LogP contribution is -2.63. The third-order valence-electron chi connectivity index (χ3n) is 13.3. The zero-order valence-electron chi connectivity index (χ0n) is 36.6. The average Bonchev–Trinajstić information content (AvgIpc) is 3.64. The summed E-state index contributed by atoms with van der Waals surface area (Å²) >= 11 is 0. The van der Waals surface area contributed by atoms with Crippen molar-refractivity contribution in [2.75, 3.05) is 9.80 Å². The highest BCUT2D eigenvalue weighted by atomic mass is 28.4. The minimum atomic E-state index is -2.17. The predicted molar refractivity (Wildman–Crippen MR) is 272 cm³/mol. The van der Waals surface area contributed by atoms with E-state index in [1.165, 1.54) is 54.6 Å². The van der Waals surface area contributed by atoms with Crippen LogP contribution in [0.3, 0.4) is 0 Å². The second-order valence-corrected chi connectivity index (χ2v) is 29.7. The highest BCUT2D eigenvalue weighted by Crippen LogP contribution is 2.63. The van der Waals surface area contributed by atoms with Gasteiger partial charge in [-0.05, 0) is 121 Å². The van der Waals surface area contributed by atoms with Gasteiger partial charge < -0.3 is 9.80 Å². The third-order valence-corrected chi connectivity index (χ3v) is 23.3. The summed E-state index contributed by atoms with van der Waals surface area (Å²) in [6.07, 6.45) is 0. The first-order valence-corrected chi connectivity index (χ1v) is 28.7. The summed E-state index contributed by atoms with van der Waals surface area (Å²) in [7, 11) is -4.34. The Labute approximate surface area is 372 Å². The molecular weight excluding hydrogens is 797 g/mol. The highest BCUT2D eigenvalue weighted by Gasteiger charge is 2.60. The van der Waals surface area contributed by atoms with E-state index in [4.69, 9.17) is 6.57 Å². The molecule has 0 saturated carbocycles. The molecule has 0 amide bonds. The number of para-hydroxylation sites is 5. The molecule has 0 atom stereocenters. The Hall–Kier alpha value is -7.23. The van der Waals surface area contributed by atoms with Crippen molar-refractivity contribution in [3.05, 3.63) is 210 Å². The van der Waals surface area contributed by atoms with E-state index in [1.807, 2.05) is 54.6 Å². The van der Waals surface area contributed by atoms with Crippen LogP contribution in [0.5, 0.6) is 0 Å². The fourth-order valence-electron chi connectivity index (χ4n) is 11.3. The number of rotatable bonds is 8. The van der Waals surface area contributed by atoms with Gasteiger partial charge in [0.2, 0.25) is 5.69 Å². The zero-order chi connectivity index (χ0) is 43.7. The van der Waals surface area contributed by atoms with Crippen LogP contribution in [-0.2, 0) is 4.66 Å². The van der Waals surface area contributed by atoms with E-state index >= 15 is 0 Å². The van der Waals surface area contributed by atoms with Gasteiger partial charge in [-0.25, -0.2) is 4.85 Å². The lowest BCUT2D eigenvalue weighted by Gasteiger charge is -2.52. The molecule has 0 heterocycles. The van der Waals surface area contributed by atoms with Crippen LogP contribution in [0.15, 0.2) is 182 Å². The number of hydrogen-bond acceptors (Lipinski definition) is 3. The van der Waals surface area contributed by atoms with E-state index in [-0.39, 0.29) is 4.66 Å². The molecule has 10 rings (SSSR count). The molecule has 4 nitrogen and oxygen atoms in total. The Morgan fingerprint density at radius 1 is 0.476 bits per heavy atom. The third kappa shape index (κ3) is 6.05. The molecule has 0 N–H and O–H groups in total. The van der Waals surface area contributed by atoms with Crippen molar-refractivity contribution in [3.63, 3.8) is 0 Å². The fourth-order valence-corrected chi connectivity index (χ4v) is 24.4. The molecule has 1 aliphatic carbocycles. The van der Waals surface area contributed by atoms with Gasteiger partial charge in [-0.1, -0.05) is 155 Å². The lowest BCUT2D eigenvalue weighted by atomic mass is 9.91. The van der Waals surface area contributed by atoms with Crippen molar-refractivity contribution in [1.29, 1.82) is 5.26 Å². The lowest BCUT2D eigenvalue weighted by molar-refractivity contribution is 0.973. The molecule has 6 heteroatoms. The minimum Gasteiger partial charge on any atom is -0.320 e. The number of anilines is 6. The molecule has 0 saturated heterocycles. The molecule has 0 aromatic heterocycles. The molecule has 0 aliphatic heterocycles. The maximum Gasteiger partial charge on any atom is 0.210 e. The van der Waals surface area contributed by atoms with Crippen molar-refractivity contribution >= 4 is 88.3 Å². The van der Waals surface area contributed by atoms with Crippen LogP contribution in [-0.4, -0.2) is 16.1 Å². The SMILES string of the molecule is [C-]#[N+]c1ccccc1N(c1ccccc1)c1ccc2c3c(c4ccccc4c2c1)-c1ccc2cc(N(c4ccccc4)c4ccccc4C#N)ccc2c1C3([Si](C)(C)C)[Si](C)(C)C. The summed E-state index contributed by atoms with van der Waals surface area (Å²) in [6, 6.07) is 66.9. The van der Waals surface area contributed by atoms with Crippen LogP contribution in [0.4, 0.5) is 39.8 Å². The largest absolute Gasteiger partial charge is 0.320 e. The quantitative estimate of drug-likeness (QED) is 0.0868. The molecular formula is C57H48N4Si2. The van der Waals surface area contributed by atoms with Crippen molar-refractivity contribution in [2.45, 2.75) is 43.9 Å². The zero-order valence-corrected chi connectivity index (χ0v) is 38.6. The van der Waals surface area contributed by atoms with Crippen LogP contribution < -0.4 is 9.80 Å². The van der Waals surface area contributed by atoms with Crippen molar-refractivity contribution in [2.24, 2.45) is 0 Å². The van der Waals surface area contributed by atoms with Gasteiger partial charge in [-0.2, -0.15) is 5.26 Å². The van der Waals surface area contributed by atoms with E-state index in [0.717, 1.165) is 34.1 Å². The van der Waals surface area contributed by atoms with Crippen LogP contribution in [0, 0.1) is 17.9 Å². The summed E-state index contributed by atoms with van der Waals surface area (Å²) in [5, 5.41) is 17.8. The number of nitrogens with zero attached hydrogens (tertiary/aromatic N) is 4.